The molecule has 1 N–H and O–H groups in total. The molecule has 1 unspecified atom stereocenters. The maximum Gasteiger partial charge on any atom is 0.119 e. The zero-order valence-corrected chi connectivity index (χ0v) is 15.4. The lowest BCUT2D eigenvalue weighted by Crippen LogP contribution is -2.56. The summed E-state index contributed by atoms with van der Waals surface area (Å²) in [4.78, 5) is 6.96. The van der Waals surface area contributed by atoms with Gasteiger partial charge in [-0.15, -0.1) is 0 Å². The first-order valence-electron chi connectivity index (χ1n) is 9.43. The van der Waals surface area contributed by atoms with E-state index in [0.717, 1.165) is 59.5 Å². The van der Waals surface area contributed by atoms with Crippen molar-refractivity contribution < 1.29 is 9.84 Å². The van der Waals surface area contributed by atoms with Crippen LogP contribution in [0.4, 0.5) is 0 Å². The summed E-state index contributed by atoms with van der Waals surface area (Å²) in [7, 11) is 1.67. The van der Waals surface area contributed by atoms with Gasteiger partial charge in [0.15, 0.2) is 0 Å². The Morgan fingerprint density at radius 3 is 2.80 bits per heavy atom. The van der Waals surface area contributed by atoms with E-state index in [0.29, 0.717) is 0 Å². The Labute approximate surface area is 149 Å². The summed E-state index contributed by atoms with van der Waals surface area (Å²) in [5.74, 6) is 3.04. The van der Waals surface area contributed by atoms with E-state index in [9.17, 15) is 5.11 Å². The van der Waals surface area contributed by atoms with Crippen molar-refractivity contribution in [3.05, 3.63) is 36.0 Å². The zero-order chi connectivity index (χ0) is 17.6. The second-order valence-electron chi connectivity index (χ2n) is 7.98. The lowest BCUT2D eigenvalue weighted by Gasteiger charge is -2.52. The molecule has 5 atom stereocenters. The topological polar surface area (TPSA) is 45.6 Å². The smallest absolute Gasteiger partial charge is 0.119 e. The largest absolute Gasteiger partial charge is 0.497 e. The molecule has 4 heterocycles. The third-order valence-corrected chi connectivity index (χ3v) is 6.37. The fourth-order valence-corrected chi connectivity index (χ4v) is 4.93. The summed E-state index contributed by atoms with van der Waals surface area (Å²) < 4.78 is 5.37. The minimum Gasteiger partial charge on any atom is -0.497 e. The number of aliphatic hydroxyl groups excluding tert-OH is 1. The summed E-state index contributed by atoms with van der Waals surface area (Å²) in [6.07, 6.45) is 3.70. The molecule has 4 heteroatoms. The van der Waals surface area contributed by atoms with Gasteiger partial charge in [-0.05, 0) is 67.0 Å². The van der Waals surface area contributed by atoms with Gasteiger partial charge >= 0.3 is 0 Å². The van der Waals surface area contributed by atoms with Crippen molar-refractivity contribution in [2.45, 2.75) is 38.8 Å². The van der Waals surface area contributed by atoms with Crippen molar-refractivity contribution >= 4 is 10.9 Å². The van der Waals surface area contributed by atoms with Crippen molar-refractivity contribution in [1.29, 1.82) is 0 Å². The van der Waals surface area contributed by atoms with E-state index in [1.165, 1.54) is 6.42 Å². The van der Waals surface area contributed by atoms with Crippen molar-refractivity contribution in [3.63, 3.8) is 0 Å². The van der Waals surface area contributed by atoms with Gasteiger partial charge in [0, 0.05) is 24.2 Å². The fourth-order valence-electron chi connectivity index (χ4n) is 4.93. The second kappa shape index (κ2) is 6.58. The highest BCUT2D eigenvalue weighted by Crippen LogP contribution is 2.44. The molecule has 3 saturated heterocycles. The van der Waals surface area contributed by atoms with Crippen LogP contribution < -0.4 is 4.74 Å². The predicted octanol–water partition coefficient (Wildman–Crippen LogP) is 3.64. The van der Waals surface area contributed by atoms with Crippen LogP contribution in [0.15, 0.2) is 30.5 Å². The van der Waals surface area contributed by atoms with E-state index < -0.39 is 6.10 Å². The van der Waals surface area contributed by atoms with E-state index in [1.807, 2.05) is 24.3 Å². The molecule has 0 aliphatic carbocycles. The Morgan fingerprint density at radius 2 is 2.12 bits per heavy atom. The molecule has 134 valence electrons. The van der Waals surface area contributed by atoms with Gasteiger partial charge in [-0.2, -0.15) is 0 Å². The van der Waals surface area contributed by atoms with Gasteiger partial charge < -0.3 is 9.84 Å². The van der Waals surface area contributed by atoms with Crippen LogP contribution in [0.1, 0.15) is 38.4 Å². The fraction of sp³-hybridized carbons (Fsp3) is 0.571. The highest BCUT2D eigenvalue weighted by molar-refractivity contribution is 5.83. The van der Waals surface area contributed by atoms with Crippen LogP contribution >= 0.6 is 0 Å². The van der Waals surface area contributed by atoms with E-state index in [4.69, 9.17) is 4.74 Å². The number of nitrogens with zero attached hydrogens (tertiary/aromatic N) is 2. The summed E-state index contributed by atoms with van der Waals surface area (Å²) in [5, 5.41) is 12.2. The summed E-state index contributed by atoms with van der Waals surface area (Å²) >= 11 is 0. The normalized spacial score (nSPS) is 30.0. The third kappa shape index (κ3) is 2.91. The van der Waals surface area contributed by atoms with Gasteiger partial charge in [0.2, 0.25) is 0 Å². The molecule has 25 heavy (non-hydrogen) atoms. The molecule has 3 aliphatic rings. The number of aromatic nitrogens is 1. The molecule has 2 bridgehead atoms. The van der Waals surface area contributed by atoms with Crippen molar-refractivity contribution in [1.82, 2.24) is 9.88 Å². The first-order valence-corrected chi connectivity index (χ1v) is 9.43. The average Bonchev–Trinajstić information content (AvgIpc) is 2.66. The van der Waals surface area contributed by atoms with E-state index in [-0.39, 0.29) is 6.04 Å². The highest BCUT2D eigenvalue weighted by Gasteiger charge is 2.44. The Hall–Kier alpha value is -1.65. The second-order valence-corrected chi connectivity index (χ2v) is 7.98. The van der Waals surface area contributed by atoms with Gasteiger partial charge in [0.25, 0.3) is 0 Å². The predicted molar refractivity (Wildman–Crippen MR) is 99.7 cm³/mol. The van der Waals surface area contributed by atoms with Crippen LogP contribution in [0.25, 0.3) is 10.9 Å². The molecule has 4 nitrogen and oxygen atoms in total. The van der Waals surface area contributed by atoms with Crippen LogP contribution in [-0.4, -0.2) is 41.2 Å². The highest BCUT2D eigenvalue weighted by atomic mass is 16.5. The summed E-state index contributed by atoms with van der Waals surface area (Å²) in [6, 6.07) is 8.06. The van der Waals surface area contributed by atoms with E-state index in [1.54, 1.807) is 13.3 Å². The van der Waals surface area contributed by atoms with E-state index >= 15 is 0 Å². The molecular weight excluding hydrogens is 312 g/mol. The molecule has 3 aliphatic heterocycles. The molecule has 5 rings (SSSR count). The molecule has 0 spiro atoms. The number of benzene rings is 1. The van der Waals surface area contributed by atoms with Crippen molar-refractivity contribution in [3.8, 4) is 5.75 Å². The molecule has 0 amide bonds. The Bertz CT molecular complexity index is 761. The Kier molecular flexibility index (Phi) is 4.42. The van der Waals surface area contributed by atoms with Gasteiger partial charge in [-0.25, -0.2) is 0 Å². The van der Waals surface area contributed by atoms with Crippen molar-refractivity contribution in [2.75, 3.05) is 20.2 Å². The number of hydrogen-bond acceptors (Lipinski definition) is 4. The number of pyridine rings is 1. The SMILES string of the molecule is COc1ccc2nccc([C@@H](O)[C@@H]3C[C@@H]4CCN3C[C@@H]4C(C)C)c2c1. The number of aliphatic hydroxyl groups is 1. The summed E-state index contributed by atoms with van der Waals surface area (Å²) in [5.41, 5.74) is 1.89. The maximum atomic E-state index is 11.2. The van der Waals surface area contributed by atoms with Crippen LogP contribution in [0.5, 0.6) is 5.75 Å². The number of ether oxygens (including phenoxy) is 1. The maximum absolute atomic E-state index is 11.2. The average molecular weight is 340 g/mol. The van der Waals surface area contributed by atoms with Gasteiger partial charge in [-0.1, -0.05) is 13.8 Å². The first kappa shape index (κ1) is 16.8. The standard InChI is InChI=1S/C21H28N2O2/c1-13(2)18-12-23-9-7-14(18)10-20(23)21(24)16-6-8-22-19-5-4-15(25-3)11-17(16)19/h4-6,8,11,13-14,18,20-21,24H,7,9-10,12H2,1-3H3/t14-,18+,20-,21+/m0/s1. The van der Waals surface area contributed by atoms with Crippen LogP contribution in [-0.2, 0) is 0 Å². The minimum absolute atomic E-state index is 0.213. The third-order valence-electron chi connectivity index (χ3n) is 6.37. The Morgan fingerprint density at radius 1 is 1.28 bits per heavy atom. The minimum atomic E-state index is -0.478. The Balaban J connectivity index is 1.66. The lowest BCUT2D eigenvalue weighted by molar-refractivity contribution is -0.0664. The molecule has 3 fully saturated rings. The lowest BCUT2D eigenvalue weighted by atomic mass is 9.69. The molecule has 2 aromatic rings. The number of piperidine rings is 3. The number of rotatable bonds is 4. The van der Waals surface area contributed by atoms with Crippen molar-refractivity contribution in [2.24, 2.45) is 17.8 Å². The van der Waals surface area contributed by atoms with E-state index in [2.05, 4.69) is 23.7 Å². The molecule has 0 radical (unpaired) electrons. The molecule has 0 saturated carbocycles. The van der Waals surface area contributed by atoms with Gasteiger partial charge in [0.05, 0.1) is 18.7 Å². The zero-order valence-electron chi connectivity index (χ0n) is 15.4. The van der Waals surface area contributed by atoms with Gasteiger partial charge in [-0.3, -0.25) is 9.88 Å². The molecular formula is C21H28N2O2. The number of methoxy groups -OCH3 is 1. The molecule has 1 aromatic carbocycles. The molecule has 1 aromatic heterocycles. The monoisotopic (exact) mass is 340 g/mol. The number of fused-ring (bicyclic) bond motifs is 4. The van der Waals surface area contributed by atoms with Crippen LogP contribution in [0, 0.1) is 17.8 Å². The number of hydrogen-bond donors (Lipinski definition) is 1. The summed E-state index contributed by atoms with van der Waals surface area (Å²) in [6.45, 7) is 6.90. The van der Waals surface area contributed by atoms with Crippen LogP contribution in [0.2, 0.25) is 0 Å². The first-order chi connectivity index (χ1) is 12.1. The van der Waals surface area contributed by atoms with Crippen LogP contribution in [0.3, 0.4) is 0 Å². The quantitative estimate of drug-likeness (QED) is 0.923. The van der Waals surface area contributed by atoms with Gasteiger partial charge in [0.1, 0.15) is 5.75 Å².